The molecule has 0 saturated heterocycles. The second kappa shape index (κ2) is 5.58. The van der Waals surface area contributed by atoms with E-state index in [1.807, 2.05) is 0 Å². The first-order valence-electron chi connectivity index (χ1n) is 5.56. The fourth-order valence-corrected chi connectivity index (χ4v) is 1.67. The third-order valence-corrected chi connectivity index (χ3v) is 2.76. The van der Waals surface area contributed by atoms with Crippen molar-refractivity contribution in [2.24, 2.45) is 0 Å². The van der Waals surface area contributed by atoms with E-state index in [0.29, 0.717) is 11.9 Å². The molecule has 2 aromatic rings. The van der Waals surface area contributed by atoms with Crippen LogP contribution >= 0.6 is 11.6 Å². The van der Waals surface area contributed by atoms with Gasteiger partial charge < -0.3 is 10.5 Å². The molecule has 1 aromatic carbocycles. The molecule has 0 aliphatic heterocycles. The predicted octanol–water partition coefficient (Wildman–Crippen LogP) is 3.92. The summed E-state index contributed by atoms with van der Waals surface area (Å²) in [6, 6.07) is 7.66. The molecule has 3 nitrogen and oxygen atoms in total. The van der Waals surface area contributed by atoms with Gasteiger partial charge in [0.15, 0.2) is 0 Å². The molecule has 0 fully saturated rings. The molecular weight excluding hydrogens is 293 g/mol. The van der Waals surface area contributed by atoms with E-state index in [2.05, 4.69) is 4.98 Å². The molecule has 0 aliphatic rings. The van der Waals surface area contributed by atoms with Crippen LogP contribution in [0.2, 0.25) is 5.02 Å². The van der Waals surface area contributed by atoms with Gasteiger partial charge in [-0.15, -0.1) is 0 Å². The summed E-state index contributed by atoms with van der Waals surface area (Å²) in [6.45, 7) is 0.137. The van der Waals surface area contributed by atoms with Crippen molar-refractivity contribution in [3.05, 3.63) is 52.7 Å². The van der Waals surface area contributed by atoms with Gasteiger partial charge in [-0.3, -0.25) is 0 Å². The van der Waals surface area contributed by atoms with E-state index in [-0.39, 0.29) is 17.5 Å². The Kier molecular flexibility index (Phi) is 4.04. The Morgan fingerprint density at radius 1 is 1.20 bits per heavy atom. The highest BCUT2D eigenvalue weighted by molar-refractivity contribution is 6.31. The van der Waals surface area contributed by atoms with Crippen molar-refractivity contribution in [1.29, 1.82) is 0 Å². The fourth-order valence-electron chi connectivity index (χ4n) is 1.45. The highest BCUT2D eigenvalue weighted by Crippen LogP contribution is 2.33. The Morgan fingerprint density at radius 2 is 1.85 bits per heavy atom. The van der Waals surface area contributed by atoms with Gasteiger partial charge in [-0.25, -0.2) is 4.98 Å². The van der Waals surface area contributed by atoms with Gasteiger partial charge in [-0.2, -0.15) is 13.2 Å². The smallest absolute Gasteiger partial charge is 0.417 e. The summed E-state index contributed by atoms with van der Waals surface area (Å²) in [5, 5.41) is -0.185. The molecule has 20 heavy (non-hydrogen) atoms. The van der Waals surface area contributed by atoms with Crippen LogP contribution in [0.3, 0.4) is 0 Å². The minimum Gasteiger partial charge on any atom is -0.472 e. The molecule has 0 aliphatic carbocycles. The van der Waals surface area contributed by atoms with Crippen molar-refractivity contribution >= 4 is 17.3 Å². The number of benzene rings is 1. The number of halogens is 4. The summed E-state index contributed by atoms with van der Waals surface area (Å²) in [7, 11) is 0. The van der Waals surface area contributed by atoms with Gasteiger partial charge >= 0.3 is 6.18 Å². The lowest BCUT2D eigenvalue weighted by Crippen LogP contribution is -2.06. The second-order valence-electron chi connectivity index (χ2n) is 4.04. The number of ether oxygens (including phenoxy) is 1. The number of hydrogen-bond donors (Lipinski definition) is 1. The number of alkyl halides is 3. The number of nitrogens with zero attached hydrogens (tertiary/aromatic N) is 1. The third-order valence-electron chi connectivity index (χ3n) is 2.49. The molecule has 0 unspecified atom stereocenters. The molecule has 1 aromatic heterocycles. The fraction of sp³-hybridized carbons (Fsp3) is 0.154. The van der Waals surface area contributed by atoms with E-state index in [1.54, 1.807) is 24.3 Å². The first-order chi connectivity index (χ1) is 9.36. The normalized spacial score (nSPS) is 11.4. The van der Waals surface area contributed by atoms with Crippen LogP contribution in [0.15, 0.2) is 36.5 Å². The Morgan fingerprint density at radius 3 is 2.40 bits per heavy atom. The average molecular weight is 303 g/mol. The molecule has 106 valence electrons. The number of anilines is 1. The van der Waals surface area contributed by atoms with Crippen molar-refractivity contribution in [2.45, 2.75) is 12.8 Å². The largest absolute Gasteiger partial charge is 0.472 e. The molecule has 0 amide bonds. The SMILES string of the molecule is Nc1ccc(COc2ncc(C(F)(F)F)cc2Cl)cc1. The van der Waals surface area contributed by atoms with Crippen molar-refractivity contribution in [3.63, 3.8) is 0 Å². The van der Waals surface area contributed by atoms with E-state index >= 15 is 0 Å². The van der Waals surface area contributed by atoms with Crippen LogP contribution in [0, 0.1) is 0 Å². The van der Waals surface area contributed by atoms with E-state index in [4.69, 9.17) is 22.1 Å². The van der Waals surface area contributed by atoms with Crippen LogP contribution in [0.4, 0.5) is 18.9 Å². The van der Waals surface area contributed by atoms with Gasteiger partial charge in [-0.05, 0) is 23.8 Å². The number of hydrogen-bond acceptors (Lipinski definition) is 3. The highest BCUT2D eigenvalue weighted by atomic mass is 35.5. The number of rotatable bonds is 3. The summed E-state index contributed by atoms with van der Waals surface area (Å²) in [5.74, 6) is -0.0449. The molecule has 0 spiro atoms. The molecule has 2 rings (SSSR count). The van der Waals surface area contributed by atoms with Crippen LogP contribution < -0.4 is 10.5 Å². The second-order valence-corrected chi connectivity index (χ2v) is 4.45. The van der Waals surface area contributed by atoms with Crippen LogP contribution in [0.1, 0.15) is 11.1 Å². The molecule has 0 saturated carbocycles. The van der Waals surface area contributed by atoms with E-state index in [9.17, 15) is 13.2 Å². The molecule has 0 radical (unpaired) electrons. The van der Waals surface area contributed by atoms with Gasteiger partial charge in [0.05, 0.1) is 5.56 Å². The van der Waals surface area contributed by atoms with Gasteiger partial charge in [0.25, 0.3) is 0 Å². The van der Waals surface area contributed by atoms with Crippen LogP contribution in [-0.2, 0) is 12.8 Å². The van der Waals surface area contributed by atoms with Crippen molar-refractivity contribution in [3.8, 4) is 5.88 Å². The first kappa shape index (κ1) is 14.5. The molecule has 1 heterocycles. The zero-order valence-electron chi connectivity index (χ0n) is 10.1. The summed E-state index contributed by atoms with van der Waals surface area (Å²) in [6.07, 6.45) is -3.80. The minimum absolute atomic E-state index is 0.0449. The van der Waals surface area contributed by atoms with Crippen molar-refractivity contribution in [1.82, 2.24) is 4.98 Å². The zero-order chi connectivity index (χ0) is 14.8. The monoisotopic (exact) mass is 302 g/mol. The Balaban J connectivity index is 2.08. The molecule has 2 N–H and O–H groups in total. The predicted molar refractivity (Wildman–Crippen MR) is 69.4 cm³/mol. The van der Waals surface area contributed by atoms with E-state index < -0.39 is 11.7 Å². The van der Waals surface area contributed by atoms with Crippen molar-refractivity contribution in [2.75, 3.05) is 5.73 Å². The maximum atomic E-state index is 12.4. The summed E-state index contributed by atoms with van der Waals surface area (Å²) < 4.78 is 42.6. The van der Waals surface area contributed by atoms with Crippen LogP contribution in [0.5, 0.6) is 5.88 Å². The topological polar surface area (TPSA) is 48.1 Å². The third kappa shape index (κ3) is 3.54. The lowest BCUT2D eigenvalue weighted by Gasteiger charge is -2.10. The Hall–Kier alpha value is -1.95. The highest BCUT2D eigenvalue weighted by Gasteiger charge is 2.31. The lowest BCUT2D eigenvalue weighted by molar-refractivity contribution is -0.137. The number of nitrogens with two attached hydrogens (primary N) is 1. The summed E-state index contributed by atoms with van der Waals surface area (Å²) >= 11 is 5.72. The van der Waals surface area contributed by atoms with Gasteiger partial charge in [0.1, 0.15) is 11.6 Å². The number of pyridine rings is 1. The number of aromatic nitrogens is 1. The average Bonchev–Trinajstić information content (AvgIpc) is 2.38. The Labute approximate surface area is 118 Å². The lowest BCUT2D eigenvalue weighted by atomic mass is 10.2. The molecular formula is C13H10ClF3N2O. The maximum absolute atomic E-state index is 12.4. The summed E-state index contributed by atoms with van der Waals surface area (Å²) in [5.41, 5.74) is 6.03. The Bertz CT molecular complexity index is 600. The van der Waals surface area contributed by atoms with Crippen LogP contribution in [-0.4, -0.2) is 4.98 Å². The van der Waals surface area contributed by atoms with Gasteiger partial charge in [-0.1, -0.05) is 23.7 Å². The molecule has 7 heteroatoms. The van der Waals surface area contributed by atoms with Crippen LogP contribution in [0.25, 0.3) is 0 Å². The van der Waals surface area contributed by atoms with Gasteiger partial charge in [0.2, 0.25) is 5.88 Å². The zero-order valence-corrected chi connectivity index (χ0v) is 10.9. The molecule has 0 atom stereocenters. The van der Waals surface area contributed by atoms with Gasteiger partial charge in [0, 0.05) is 11.9 Å². The minimum atomic E-state index is -4.48. The van der Waals surface area contributed by atoms with E-state index in [1.165, 1.54) is 0 Å². The first-order valence-corrected chi connectivity index (χ1v) is 5.94. The summed E-state index contributed by atoms with van der Waals surface area (Å²) in [4.78, 5) is 3.58. The standard InChI is InChI=1S/C13H10ClF3N2O/c14-11-5-9(13(15,16)17)6-19-12(11)20-7-8-1-3-10(18)4-2-8/h1-6H,7,18H2. The quantitative estimate of drug-likeness (QED) is 0.874. The van der Waals surface area contributed by atoms with E-state index in [0.717, 1.165) is 11.6 Å². The van der Waals surface area contributed by atoms with Crippen molar-refractivity contribution < 1.29 is 17.9 Å². The number of nitrogen functional groups attached to an aromatic ring is 1. The molecule has 0 bridgehead atoms. The maximum Gasteiger partial charge on any atom is 0.417 e.